The summed E-state index contributed by atoms with van der Waals surface area (Å²) in [5.41, 5.74) is 5.36. The van der Waals surface area contributed by atoms with Crippen LogP contribution in [0.1, 0.15) is 33.9 Å². The zero-order chi connectivity index (χ0) is 24.8. The van der Waals surface area contributed by atoms with Gasteiger partial charge in [0.25, 0.3) is 5.91 Å². The number of carbonyl (C=O) groups excluding carboxylic acids is 1. The minimum atomic E-state index is -1.32. The van der Waals surface area contributed by atoms with Crippen LogP contribution in [-0.4, -0.2) is 47.6 Å². The van der Waals surface area contributed by atoms with E-state index in [2.05, 4.69) is 62.4 Å². The van der Waals surface area contributed by atoms with Gasteiger partial charge in [-0.15, -0.1) is 0 Å². The Morgan fingerprint density at radius 1 is 0.914 bits per heavy atom. The average molecular weight is 490 g/mol. The van der Waals surface area contributed by atoms with Gasteiger partial charge in [-0.1, -0.05) is 71.8 Å². The van der Waals surface area contributed by atoms with E-state index in [0.717, 1.165) is 22.4 Å². The molecule has 1 saturated heterocycles. The maximum Gasteiger partial charge on any atom is 0.262 e. The number of carbonyl (C=O) groups is 1. The molecule has 1 fully saturated rings. The van der Waals surface area contributed by atoms with E-state index in [9.17, 15) is 9.00 Å². The van der Waals surface area contributed by atoms with Crippen LogP contribution in [0.25, 0.3) is 6.08 Å². The summed E-state index contributed by atoms with van der Waals surface area (Å²) in [6.45, 7) is 5.39. The largest absolute Gasteiger partial charge is 0.497 e. The van der Waals surface area contributed by atoms with E-state index in [1.54, 1.807) is 18.1 Å². The van der Waals surface area contributed by atoms with E-state index in [-0.39, 0.29) is 12.0 Å². The number of benzene rings is 3. The summed E-state index contributed by atoms with van der Waals surface area (Å²) in [7, 11) is 0.290. The molecule has 0 bridgehead atoms. The minimum absolute atomic E-state index is 0.198. The molecule has 1 heterocycles. The highest BCUT2D eigenvalue weighted by Gasteiger charge is 2.29. The summed E-state index contributed by atoms with van der Waals surface area (Å²) in [6, 6.07) is 24.0. The minimum Gasteiger partial charge on any atom is -0.497 e. The first-order chi connectivity index (χ1) is 16.9. The first kappa shape index (κ1) is 24.9. The van der Waals surface area contributed by atoms with E-state index in [0.29, 0.717) is 30.4 Å². The quantitative estimate of drug-likeness (QED) is 0.416. The predicted molar refractivity (Wildman–Crippen MR) is 141 cm³/mol. The third-order valence-corrected chi connectivity index (χ3v) is 7.45. The lowest BCUT2D eigenvalue weighted by atomic mass is 9.99. The average Bonchev–Trinajstić information content (AvgIpc) is 2.87. The Balaban J connectivity index is 1.46. The zero-order valence-corrected chi connectivity index (χ0v) is 21.2. The molecule has 5 nitrogen and oxygen atoms in total. The number of nitrogens with zero attached hydrogens (tertiary/aromatic N) is 1. The first-order valence-electron chi connectivity index (χ1n) is 11.7. The second kappa shape index (κ2) is 11.5. The van der Waals surface area contributed by atoms with Crippen LogP contribution in [0.15, 0.2) is 77.7 Å². The van der Waals surface area contributed by atoms with Crippen LogP contribution in [0.5, 0.6) is 5.75 Å². The summed E-state index contributed by atoms with van der Waals surface area (Å²) in [6.07, 6.45) is 1.49. The van der Waals surface area contributed by atoms with Crippen molar-refractivity contribution in [1.29, 1.82) is 0 Å². The molecule has 4 rings (SSSR count). The topological polar surface area (TPSA) is 55.8 Å². The maximum absolute atomic E-state index is 13.1. The molecule has 182 valence electrons. The first-order valence-corrected chi connectivity index (χ1v) is 13.0. The lowest BCUT2D eigenvalue weighted by Crippen LogP contribution is -2.43. The summed E-state index contributed by atoms with van der Waals surface area (Å²) >= 11 is 0. The second-order valence-corrected chi connectivity index (χ2v) is 10.2. The lowest BCUT2D eigenvalue weighted by molar-refractivity contribution is -0.127. The van der Waals surface area contributed by atoms with Gasteiger partial charge >= 0.3 is 0 Å². The number of ether oxygens (including phenoxy) is 2. The highest BCUT2D eigenvalue weighted by molar-refractivity contribution is 7.90. The zero-order valence-electron chi connectivity index (χ0n) is 20.4. The number of methoxy groups -OCH3 is 1. The molecule has 0 N–H and O–H groups in total. The molecule has 0 radical (unpaired) electrons. The van der Waals surface area contributed by atoms with Crippen LogP contribution in [-0.2, 0) is 20.3 Å². The third-order valence-electron chi connectivity index (χ3n) is 6.11. The van der Waals surface area contributed by atoms with Crippen molar-refractivity contribution in [2.75, 3.05) is 32.6 Å². The van der Waals surface area contributed by atoms with Crippen LogP contribution in [0, 0.1) is 13.8 Å². The van der Waals surface area contributed by atoms with Crippen LogP contribution in [0.4, 0.5) is 0 Å². The Hall–Kier alpha value is -3.22. The van der Waals surface area contributed by atoms with Crippen LogP contribution in [0.3, 0.4) is 0 Å². The van der Waals surface area contributed by atoms with Gasteiger partial charge in [0.1, 0.15) is 16.8 Å². The molecule has 35 heavy (non-hydrogen) atoms. The van der Waals surface area contributed by atoms with Crippen LogP contribution in [0.2, 0.25) is 0 Å². The van der Waals surface area contributed by atoms with Gasteiger partial charge in [0.05, 0.1) is 24.5 Å². The Morgan fingerprint density at radius 2 is 1.49 bits per heavy atom. The number of amides is 1. The van der Waals surface area contributed by atoms with Crippen LogP contribution < -0.4 is 4.74 Å². The number of hydrogen-bond acceptors (Lipinski definition) is 4. The fourth-order valence-corrected chi connectivity index (χ4v) is 5.20. The number of rotatable bonds is 8. The van der Waals surface area contributed by atoms with Crippen molar-refractivity contribution in [3.05, 3.63) is 106 Å². The fourth-order valence-electron chi connectivity index (χ4n) is 4.00. The highest BCUT2D eigenvalue weighted by atomic mass is 32.2. The molecule has 0 aromatic heterocycles. The van der Waals surface area contributed by atoms with Crippen molar-refractivity contribution < 1.29 is 18.5 Å². The Labute approximate surface area is 209 Å². The highest BCUT2D eigenvalue weighted by Crippen LogP contribution is 2.27. The molecule has 6 heteroatoms. The summed E-state index contributed by atoms with van der Waals surface area (Å²) < 4.78 is 24.2. The van der Waals surface area contributed by atoms with Gasteiger partial charge in [-0.25, -0.2) is 0 Å². The Morgan fingerprint density at radius 3 is 2.03 bits per heavy atom. The van der Waals surface area contributed by atoms with Crippen molar-refractivity contribution in [1.82, 2.24) is 4.90 Å². The van der Waals surface area contributed by atoms with Gasteiger partial charge in [-0.2, -0.15) is 0 Å². The van der Waals surface area contributed by atoms with Crippen LogP contribution >= 0.6 is 0 Å². The van der Waals surface area contributed by atoms with Crippen molar-refractivity contribution in [3.63, 3.8) is 0 Å². The van der Waals surface area contributed by atoms with Crippen molar-refractivity contribution in [3.8, 4) is 5.75 Å². The molecule has 1 atom stereocenters. The molecule has 1 aliphatic heterocycles. The number of aryl methyl sites for hydroxylation is 2. The van der Waals surface area contributed by atoms with E-state index in [1.165, 1.54) is 11.1 Å². The Kier molecular flexibility index (Phi) is 8.16. The van der Waals surface area contributed by atoms with Gasteiger partial charge in [0.15, 0.2) is 0 Å². The molecule has 0 aliphatic carbocycles. The van der Waals surface area contributed by atoms with E-state index >= 15 is 0 Å². The molecule has 0 saturated carbocycles. The SMILES string of the molecule is COc1ccc(C=C2C(=O)N(CCOC(c3ccc(C)cc3)c3ccc(C)cc3)CCS2=O)cc1. The van der Waals surface area contributed by atoms with E-state index < -0.39 is 10.8 Å². The smallest absolute Gasteiger partial charge is 0.262 e. The van der Waals surface area contributed by atoms with Crippen molar-refractivity contribution >= 4 is 22.8 Å². The normalized spacial score (nSPS) is 17.3. The molecule has 3 aromatic rings. The molecular weight excluding hydrogens is 458 g/mol. The van der Waals surface area contributed by atoms with Crippen molar-refractivity contribution in [2.24, 2.45) is 0 Å². The van der Waals surface area contributed by atoms with Gasteiger partial charge in [0.2, 0.25) is 0 Å². The molecule has 1 aliphatic rings. The third kappa shape index (κ3) is 6.27. The Bertz CT molecular complexity index is 1160. The lowest BCUT2D eigenvalue weighted by Gasteiger charge is -2.29. The maximum atomic E-state index is 13.1. The number of hydrogen-bond donors (Lipinski definition) is 0. The molecule has 1 unspecified atom stereocenters. The molecule has 0 spiro atoms. The van der Waals surface area contributed by atoms with Gasteiger partial charge in [0, 0.05) is 18.8 Å². The van der Waals surface area contributed by atoms with E-state index in [1.807, 2.05) is 24.3 Å². The summed E-state index contributed by atoms with van der Waals surface area (Å²) in [5.74, 6) is 0.961. The van der Waals surface area contributed by atoms with Crippen molar-refractivity contribution in [2.45, 2.75) is 20.0 Å². The van der Waals surface area contributed by atoms with Gasteiger partial charge < -0.3 is 14.4 Å². The summed E-state index contributed by atoms with van der Waals surface area (Å²) in [4.78, 5) is 15.2. The second-order valence-electron chi connectivity index (χ2n) is 8.70. The van der Waals surface area contributed by atoms with E-state index in [4.69, 9.17) is 9.47 Å². The summed E-state index contributed by atoms with van der Waals surface area (Å²) in [5, 5.41) is 0. The molecular formula is C29H31NO4S. The van der Waals surface area contributed by atoms with Gasteiger partial charge in [-0.3, -0.25) is 9.00 Å². The molecule has 3 aromatic carbocycles. The monoisotopic (exact) mass is 489 g/mol. The fraction of sp³-hybridized carbons (Fsp3) is 0.276. The predicted octanol–water partition coefficient (Wildman–Crippen LogP) is 5.05. The van der Waals surface area contributed by atoms with Gasteiger partial charge in [-0.05, 0) is 48.7 Å². The molecule has 1 amide bonds. The standard InChI is InChI=1S/C29H31NO4S/c1-21-4-10-24(11-5-21)28(25-12-6-22(2)7-13-25)34-18-16-30-17-19-35(32)27(29(30)31)20-23-8-14-26(33-3)15-9-23/h4-15,20,28H,16-19H2,1-3H3.